The minimum atomic E-state index is -0.343. The van der Waals surface area contributed by atoms with Gasteiger partial charge in [-0.3, -0.25) is 4.79 Å². The number of ether oxygens (including phenoxy) is 1. The van der Waals surface area contributed by atoms with Crippen molar-refractivity contribution < 1.29 is 9.53 Å². The van der Waals surface area contributed by atoms with E-state index < -0.39 is 0 Å². The minimum Gasteiger partial charge on any atom is -0.376 e. The molecule has 1 amide bonds. The van der Waals surface area contributed by atoms with Gasteiger partial charge in [-0.25, -0.2) is 0 Å². The van der Waals surface area contributed by atoms with Crippen LogP contribution in [0.15, 0.2) is 0 Å². The van der Waals surface area contributed by atoms with E-state index in [4.69, 9.17) is 10.5 Å². The summed E-state index contributed by atoms with van der Waals surface area (Å²) >= 11 is 0. The predicted octanol–water partition coefficient (Wildman–Crippen LogP) is 3.17. The Kier molecular flexibility index (Phi) is 8.73. The van der Waals surface area contributed by atoms with Gasteiger partial charge in [0.2, 0.25) is 5.91 Å². The van der Waals surface area contributed by atoms with Gasteiger partial charge < -0.3 is 15.8 Å². The second-order valence-corrected chi connectivity index (χ2v) is 7.08. The average Bonchev–Trinajstić information content (AvgIpc) is 2.71. The van der Waals surface area contributed by atoms with Crippen molar-refractivity contribution in [2.24, 2.45) is 11.7 Å². The Morgan fingerprint density at radius 3 is 2.41 bits per heavy atom. The van der Waals surface area contributed by atoms with Crippen molar-refractivity contribution in [1.82, 2.24) is 5.32 Å². The van der Waals surface area contributed by atoms with Crippen LogP contribution in [0.25, 0.3) is 0 Å². The van der Waals surface area contributed by atoms with Gasteiger partial charge in [-0.1, -0.05) is 38.5 Å². The van der Waals surface area contributed by atoms with Crippen molar-refractivity contribution in [2.75, 3.05) is 13.2 Å². The molecule has 2 atom stereocenters. The molecule has 3 N–H and O–H groups in total. The normalized spacial score (nSPS) is 30.2. The summed E-state index contributed by atoms with van der Waals surface area (Å²) in [5, 5.41) is 3.02. The molecule has 0 spiro atoms. The van der Waals surface area contributed by atoms with Gasteiger partial charge in [0.15, 0.2) is 0 Å². The lowest BCUT2D eigenvalue weighted by Crippen LogP contribution is -2.53. The number of rotatable bonds is 5. The van der Waals surface area contributed by atoms with E-state index in [0.717, 1.165) is 25.7 Å². The molecule has 2 fully saturated rings. The van der Waals surface area contributed by atoms with Gasteiger partial charge in [0.25, 0.3) is 0 Å². The molecule has 2 unspecified atom stereocenters. The smallest absolute Gasteiger partial charge is 0.225 e. The van der Waals surface area contributed by atoms with Gasteiger partial charge in [-0.2, -0.15) is 0 Å². The van der Waals surface area contributed by atoms with Crippen molar-refractivity contribution in [2.45, 2.75) is 82.8 Å². The van der Waals surface area contributed by atoms with Crippen LogP contribution in [0.4, 0.5) is 0 Å². The molecule has 22 heavy (non-hydrogen) atoms. The van der Waals surface area contributed by atoms with Crippen LogP contribution >= 0.6 is 12.4 Å². The molecule has 2 aliphatic carbocycles. The average molecular weight is 333 g/mol. The zero-order chi connectivity index (χ0) is 15.1. The molecule has 5 heteroatoms. The van der Waals surface area contributed by atoms with E-state index in [9.17, 15) is 4.79 Å². The molecule has 2 rings (SSSR count). The molecule has 0 saturated heterocycles. The van der Waals surface area contributed by atoms with Crippen molar-refractivity contribution in [3.05, 3.63) is 0 Å². The van der Waals surface area contributed by atoms with Gasteiger partial charge >= 0.3 is 0 Å². The van der Waals surface area contributed by atoms with E-state index in [1.165, 1.54) is 38.5 Å². The summed E-state index contributed by atoms with van der Waals surface area (Å²) < 4.78 is 5.91. The molecule has 0 heterocycles. The third kappa shape index (κ3) is 6.05. The van der Waals surface area contributed by atoms with E-state index in [1.54, 1.807) is 0 Å². The van der Waals surface area contributed by atoms with Crippen LogP contribution in [0.2, 0.25) is 0 Å². The van der Waals surface area contributed by atoms with Crippen LogP contribution in [0.5, 0.6) is 0 Å². The molecule has 2 aliphatic rings. The Hall–Kier alpha value is -0.320. The lowest BCUT2D eigenvalue weighted by atomic mass is 9.74. The molecule has 4 nitrogen and oxygen atoms in total. The van der Waals surface area contributed by atoms with Crippen LogP contribution in [0.1, 0.15) is 71.1 Å². The van der Waals surface area contributed by atoms with E-state index in [1.807, 2.05) is 6.92 Å². The van der Waals surface area contributed by atoms with Crippen LogP contribution in [0, 0.1) is 5.92 Å². The zero-order valence-corrected chi connectivity index (χ0v) is 14.8. The van der Waals surface area contributed by atoms with E-state index >= 15 is 0 Å². The Bertz CT molecular complexity index is 329. The third-order valence-electron chi connectivity index (χ3n) is 5.13. The fourth-order valence-electron chi connectivity index (χ4n) is 3.72. The molecule has 0 aromatic rings. The quantitative estimate of drug-likeness (QED) is 0.600. The molecule has 0 bridgehead atoms. The fourth-order valence-corrected chi connectivity index (χ4v) is 3.72. The number of carbonyl (C=O) groups excluding carboxylic acids is 1. The first-order valence-corrected chi connectivity index (χ1v) is 8.78. The van der Waals surface area contributed by atoms with Gasteiger partial charge in [0, 0.05) is 12.1 Å². The first-order chi connectivity index (χ1) is 10.1. The predicted molar refractivity (Wildman–Crippen MR) is 92.3 cm³/mol. The maximum atomic E-state index is 12.3. The Morgan fingerprint density at radius 2 is 1.77 bits per heavy atom. The monoisotopic (exact) mass is 332 g/mol. The second-order valence-electron chi connectivity index (χ2n) is 7.08. The van der Waals surface area contributed by atoms with Crippen molar-refractivity contribution >= 4 is 18.3 Å². The minimum absolute atomic E-state index is 0. The highest BCUT2D eigenvalue weighted by Crippen LogP contribution is 2.31. The Morgan fingerprint density at radius 1 is 1.14 bits per heavy atom. The van der Waals surface area contributed by atoms with E-state index in [-0.39, 0.29) is 29.8 Å². The number of hydrogen-bond donors (Lipinski definition) is 2. The molecular weight excluding hydrogens is 300 g/mol. The molecule has 2 saturated carbocycles. The van der Waals surface area contributed by atoms with Gasteiger partial charge in [0.1, 0.15) is 0 Å². The van der Waals surface area contributed by atoms with Crippen LogP contribution in [-0.2, 0) is 9.53 Å². The lowest BCUT2D eigenvalue weighted by Gasteiger charge is -2.37. The Balaban J connectivity index is 0.00000242. The van der Waals surface area contributed by atoms with Crippen molar-refractivity contribution in [1.29, 1.82) is 0 Å². The maximum Gasteiger partial charge on any atom is 0.225 e. The summed E-state index contributed by atoms with van der Waals surface area (Å²) in [5.41, 5.74) is 5.93. The summed E-state index contributed by atoms with van der Waals surface area (Å²) in [6.07, 6.45) is 12.1. The summed E-state index contributed by atoms with van der Waals surface area (Å²) in [4.78, 5) is 12.3. The van der Waals surface area contributed by atoms with E-state index in [0.29, 0.717) is 19.3 Å². The number of nitrogens with two attached hydrogens (primary N) is 1. The number of amides is 1. The second kappa shape index (κ2) is 9.74. The van der Waals surface area contributed by atoms with Gasteiger partial charge in [-0.15, -0.1) is 12.4 Å². The highest BCUT2D eigenvalue weighted by molar-refractivity contribution is 5.85. The first kappa shape index (κ1) is 19.7. The van der Waals surface area contributed by atoms with Crippen molar-refractivity contribution in [3.8, 4) is 0 Å². The SMILES string of the molecule is CC1(N)CCCCC1C(=O)NCCOC1CCCCCC1.Cl. The number of halogens is 1. The lowest BCUT2D eigenvalue weighted by molar-refractivity contribution is -0.128. The number of hydrogen-bond acceptors (Lipinski definition) is 3. The number of nitrogens with one attached hydrogen (secondary N) is 1. The van der Waals surface area contributed by atoms with E-state index in [2.05, 4.69) is 5.32 Å². The molecule has 0 aromatic carbocycles. The molecule has 0 radical (unpaired) electrons. The van der Waals surface area contributed by atoms with Gasteiger partial charge in [-0.05, 0) is 32.6 Å². The van der Waals surface area contributed by atoms with Crippen LogP contribution in [-0.4, -0.2) is 30.7 Å². The van der Waals surface area contributed by atoms with Crippen LogP contribution < -0.4 is 11.1 Å². The molecule has 0 aromatic heterocycles. The summed E-state index contributed by atoms with van der Waals surface area (Å²) in [6.45, 7) is 3.25. The number of carbonyl (C=O) groups is 1. The van der Waals surface area contributed by atoms with Gasteiger partial charge in [0.05, 0.1) is 18.6 Å². The Labute approximate surface area is 141 Å². The molecule has 0 aliphatic heterocycles. The largest absolute Gasteiger partial charge is 0.376 e. The molecule has 130 valence electrons. The highest BCUT2D eigenvalue weighted by Gasteiger charge is 2.37. The highest BCUT2D eigenvalue weighted by atomic mass is 35.5. The summed E-state index contributed by atoms with van der Waals surface area (Å²) in [5.74, 6) is 0.0771. The fraction of sp³-hybridized carbons (Fsp3) is 0.941. The first-order valence-electron chi connectivity index (χ1n) is 8.78. The standard InChI is InChI=1S/C17H32N2O2.ClH/c1-17(18)11-7-6-10-15(17)16(20)19-12-13-21-14-8-4-2-3-5-9-14;/h14-15H,2-13,18H2,1H3,(H,19,20);1H. The van der Waals surface area contributed by atoms with Crippen LogP contribution in [0.3, 0.4) is 0 Å². The van der Waals surface area contributed by atoms with Crippen molar-refractivity contribution in [3.63, 3.8) is 0 Å². The molecular formula is C17H33ClN2O2. The summed E-state index contributed by atoms with van der Waals surface area (Å²) in [6, 6.07) is 0. The summed E-state index contributed by atoms with van der Waals surface area (Å²) in [7, 11) is 0. The maximum absolute atomic E-state index is 12.3. The topological polar surface area (TPSA) is 64.4 Å². The zero-order valence-electron chi connectivity index (χ0n) is 13.9. The third-order valence-corrected chi connectivity index (χ3v) is 5.13.